The van der Waals surface area contributed by atoms with Crippen molar-refractivity contribution >= 4 is 61.7 Å². The molecule has 0 bridgehead atoms. The number of aromatic nitrogens is 4. The number of pyridine rings is 1. The van der Waals surface area contributed by atoms with Crippen molar-refractivity contribution in [2.75, 3.05) is 0 Å². The number of hydrogen-bond donors (Lipinski definition) is 0. The molecule has 0 atom stereocenters. The van der Waals surface area contributed by atoms with Crippen LogP contribution in [0.2, 0.25) is 0 Å². The normalized spacial score (nSPS) is 14.8. The summed E-state index contributed by atoms with van der Waals surface area (Å²) >= 11 is 0. The molecular formula is C74H58N4OPtSi-2. The summed E-state index contributed by atoms with van der Waals surface area (Å²) < 4.78 is 155. The molecule has 0 aliphatic carbocycles. The summed E-state index contributed by atoms with van der Waals surface area (Å²) in [5.41, 5.74) is 8.87. The van der Waals surface area contributed by atoms with Crippen LogP contribution in [0.4, 0.5) is 0 Å². The fourth-order valence-electron chi connectivity index (χ4n) is 11.6. The Morgan fingerprint density at radius 3 is 1.70 bits per heavy atom. The quantitative estimate of drug-likeness (QED) is 0.0658. The Labute approximate surface area is 510 Å². The molecule has 13 aromatic rings. The van der Waals surface area contributed by atoms with Gasteiger partial charge in [0.2, 0.25) is 0 Å². The molecule has 0 saturated carbocycles. The molecule has 3 aromatic heterocycles. The second kappa shape index (κ2) is 20.1. The van der Waals surface area contributed by atoms with Crippen LogP contribution in [0.5, 0.6) is 11.5 Å². The molecular weight excluding hydrogens is 1180 g/mol. The van der Waals surface area contributed by atoms with Gasteiger partial charge in [-0.05, 0) is 105 Å². The van der Waals surface area contributed by atoms with Gasteiger partial charge in [-0.3, -0.25) is 4.57 Å². The van der Waals surface area contributed by atoms with Crippen LogP contribution in [0.1, 0.15) is 73.2 Å². The van der Waals surface area contributed by atoms with Crippen LogP contribution in [-0.4, -0.2) is 22.2 Å². The van der Waals surface area contributed by atoms with E-state index in [2.05, 4.69) is 82.8 Å². The summed E-state index contributed by atoms with van der Waals surface area (Å²) in [7, 11) is -5.74. The number of hydrogen-bond acceptors (Lipinski definition) is 2. The number of nitrogens with zero attached hydrogens (tertiary/aromatic N) is 4. The number of ether oxygens (including phenoxy) is 1. The third kappa shape index (κ3) is 8.63. The maximum absolute atomic E-state index is 10.0. The Hall–Kier alpha value is -8.67. The molecule has 10 aromatic carbocycles. The van der Waals surface area contributed by atoms with E-state index in [0.29, 0.717) is 45.0 Å². The fraction of sp³-hybridized carbons (Fsp3) is 0.108. The summed E-state index contributed by atoms with van der Waals surface area (Å²) in [5, 5.41) is -0.0120. The second-order valence-electron chi connectivity index (χ2n) is 22.0. The Morgan fingerprint density at radius 2 is 1.07 bits per heavy atom. The van der Waals surface area contributed by atoms with Gasteiger partial charge in [-0.15, -0.1) is 29.7 Å². The minimum Gasteiger partial charge on any atom is -0.510 e. The van der Waals surface area contributed by atoms with Gasteiger partial charge in [0.15, 0.2) is 8.07 Å². The predicted octanol–water partition coefficient (Wildman–Crippen LogP) is 14.9. The van der Waals surface area contributed by atoms with E-state index in [1.165, 1.54) is 0 Å². The summed E-state index contributed by atoms with van der Waals surface area (Å²) in [4.78, 5) is 4.87. The molecule has 7 heteroatoms. The molecule has 1 aliphatic heterocycles. The molecule has 396 valence electrons. The van der Waals surface area contributed by atoms with Crippen LogP contribution < -0.4 is 30.1 Å². The number of benzene rings is 10. The topological polar surface area (TPSA) is 35.9 Å². The molecule has 0 unspecified atom stereocenters. The van der Waals surface area contributed by atoms with Crippen LogP contribution in [0.25, 0.3) is 83.4 Å². The third-order valence-electron chi connectivity index (χ3n) is 15.2. The Morgan fingerprint density at radius 1 is 0.506 bits per heavy atom. The summed E-state index contributed by atoms with van der Waals surface area (Å²) in [6.07, 6.45) is 5.57. The van der Waals surface area contributed by atoms with Gasteiger partial charge in [0.1, 0.15) is 5.82 Å². The van der Waals surface area contributed by atoms with Crippen molar-refractivity contribution in [3.63, 3.8) is 0 Å². The van der Waals surface area contributed by atoms with Gasteiger partial charge < -0.3 is 13.9 Å². The van der Waals surface area contributed by atoms with Crippen molar-refractivity contribution in [3.05, 3.63) is 272 Å². The Balaban J connectivity index is 0.00000833. The SMILES string of the molecule is [2H]c1c([2H])c([2H])c([Si](c2cc3c4c(c2)n(-c2[c-]c(Oc5[c-]c6c(cc5)c5ccccc5n6-c5cc(C(C)(C)C)ccn5)ccc2)[c-][n+]4-c2c(cccc2C(C)(C)C)-c2ccccc2-c2ccccc2-3)(c2c([2H])c([2H])c([2H])c([2H])c2[2H])c2c([2H])c([2H])c([2H])c([2H])c2[2H])c([2H])c1[2H].[Pt]. The van der Waals surface area contributed by atoms with E-state index in [-0.39, 0.29) is 42.9 Å². The summed E-state index contributed by atoms with van der Waals surface area (Å²) in [5.74, 6) is 1.28. The number of imidazole rings is 1. The molecule has 0 amide bonds. The fourth-order valence-corrected chi connectivity index (χ4v) is 15.4. The second-order valence-corrected chi connectivity index (χ2v) is 25.6. The zero-order valence-corrected chi connectivity index (χ0v) is 48.2. The van der Waals surface area contributed by atoms with Gasteiger partial charge in [-0.25, -0.2) is 4.98 Å². The van der Waals surface area contributed by atoms with E-state index in [4.69, 9.17) is 13.8 Å². The van der Waals surface area contributed by atoms with E-state index >= 15 is 0 Å². The zero-order chi connectivity index (χ0) is 67.4. The van der Waals surface area contributed by atoms with Crippen molar-refractivity contribution in [1.29, 1.82) is 0 Å². The molecule has 0 saturated heterocycles. The third-order valence-corrected chi connectivity index (χ3v) is 19.4. The molecule has 0 radical (unpaired) electrons. The van der Waals surface area contributed by atoms with Crippen LogP contribution in [0.3, 0.4) is 0 Å². The van der Waals surface area contributed by atoms with Crippen molar-refractivity contribution in [1.82, 2.24) is 14.1 Å². The predicted molar refractivity (Wildman–Crippen MR) is 331 cm³/mol. The molecule has 14 rings (SSSR count). The van der Waals surface area contributed by atoms with Gasteiger partial charge in [0.05, 0.1) is 37.3 Å². The standard InChI is InChI=1S/C74H58N4OSi.Pt/c1-73(2,3)50-42-43-75-70(44-50)78-67-39-21-20-36-62(67)63-41-40-53(46-68(63)78)79-52-25-22-24-51(45-52)76-49-77-71-64(37-23-38-66(71)74(4,5)6)60-34-18-16-32-58(60)59-33-17-19-35-61(59)65-47-57(48-69(76)72(65)77)80(54-26-10-7-11-27-54,55-28-12-8-13-29-55)56-30-14-9-15-31-56;/h7-44,47-48H,1-6H3;/q-2;/i7D,8D,9D,10D,11D,12D,13D,14D,15D,26D,27D,28D,29D,30D,31D;. The van der Waals surface area contributed by atoms with Gasteiger partial charge in [-0.1, -0.05) is 235 Å². The monoisotopic (exact) mass is 1260 g/mol. The minimum absolute atomic E-state index is 0. The van der Waals surface area contributed by atoms with Crippen LogP contribution in [0, 0.1) is 18.5 Å². The van der Waals surface area contributed by atoms with Crippen LogP contribution >= 0.6 is 0 Å². The molecule has 1 aliphatic rings. The van der Waals surface area contributed by atoms with E-state index < -0.39 is 120 Å². The van der Waals surface area contributed by atoms with Gasteiger partial charge in [-0.2, -0.15) is 18.2 Å². The van der Waals surface area contributed by atoms with E-state index in [1.807, 2.05) is 108 Å². The maximum Gasteiger partial charge on any atom is 0.268 e. The first-order valence-corrected chi connectivity index (χ1v) is 28.4. The number of rotatable bonds is 8. The smallest absolute Gasteiger partial charge is 0.268 e. The molecule has 0 fully saturated rings. The first-order valence-electron chi connectivity index (χ1n) is 33.9. The van der Waals surface area contributed by atoms with E-state index in [1.54, 1.807) is 34.9 Å². The van der Waals surface area contributed by atoms with E-state index in [0.717, 1.165) is 49.8 Å². The summed E-state index contributed by atoms with van der Waals surface area (Å²) in [6, 6.07) is 40.4. The van der Waals surface area contributed by atoms with Crippen molar-refractivity contribution in [2.24, 2.45) is 0 Å². The van der Waals surface area contributed by atoms with Crippen LogP contribution in [-0.2, 0) is 31.9 Å². The maximum atomic E-state index is 10.0. The first-order chi connectivity index (χ1) is 45.2. The average molecular weight is 1260 g/mol. The summed E-state index contributed by atoms with van der Waals surface area (Å²) in [6.45, 7) is 12.8. The zero-order valence-electron chi connectivity index (χ0n) is 59.9. The van der Waals surface area contributed by atoms with Gasteiger partial charge in [0.25, 0.3) is 6.33 Å². The number of para-hydroxylation sites is 2. The molecule has 0 N–H and O–H groups in total. The molecule has 4 heterocycles. The van der Waals surface area contributed by atoms with Gasteiger partial charge >= 0.3 is 0 Å². The largest absolute Gasteiger partial charge is 0.510 e. The van der Waals surface area contributed by atoms with Gasteiger partial charge in [0, 0.05) is 44.3 Å². The molecule has 81 heavy (non-hydrogen) atoms. The molecule has 5 nitrogen and oxygen atoms in total. The van der Waals surface area contributed by atoms with Crippen molar-refractivity contribution in [2.45, 2.75) is 52.4 Å². The minimum atomic E-state index is -5.74. The van der Waals surface area contributed by atoms with Crippen molar-refractivity contribution < 1.29 is 50.9 Å². The Bertz CT molecular complexity index is 5230. The number of fused-ring (bicyclic) bond motifs is 10. The van der Waals surface area contributed by atoms with E-state index in [9.17, 15) is 16.4 Å². The first kappa shape index (κ1) is 37.3. The Kier molecular flexibility index (Phi) is 9.28. The average Bonchev–Trinajstić information content (AvgIpc) is 0.912. The van der Waals surface area contributed by atoms with Crippen LogP contribution in [0.15, 0.2) is 242 Å². The van der Waals surface area contributed by atoms with Crippen molar-refractivity contribution in [3.8, 4) is 62.1 Å². The molecule has 0 spiro atoms.